The minimum absolute atomic E-state index is 0.220. The lowest BCUT2D eigenvalue weighted by atomic mass is 10.2. The van der Waals surface area contributed by atoms with Gasteiger partial charge in [0.2, 0.25) is 10.0 Å². The summed E-state index contributed by atoms with van der Waals surface area (Å²) in [6.07, 6.45) is 0.921. The predicted molar refractivity (Wildman–Crippen MR) is 81.8 cm³/mol. The van der Waals surface area contributed by atoms with Gasteiger partial charge in [0.1, 0.15) is 5.75 Å². The number of rotatable bonds is 5. The number of sulfonamides is 1. The van der Waals surface area contributed by atoms with E-state index in [1.54, 1.807) is 31.4 Å². The summed E-state index contributed by atoms with van der Waals surface area (Å²) in [5.74, 6) is 0.937. The molecular weight excluding hydrogens is 306 g/mol. The minimum atomic E-state index is -3.59. The Labute approximate surface area is 128 Å². The van der Waals surface area contributed by atoms with Crippen LogP contribution in [0.15, 0.2) is 48.5 Å². The smallest absolute Gasteiger partial charge is 0.264 e. The molecule has 0 atom stereocenters. The third kappa shape index (κ3) is 4.23. The molecule has 0 fully saturated rings. The zero-order valence-electron chi connectivity index (χ0n) is 12.1. The van der Waals surface area contributed by atoms with Crippen molar-refractivity contribution in [3.63, 3.8) is 0 Å². The van der Waals surface area contributed by atoms with E-state index in [1.165, 1.54) is 12.1 Å². The van der Waals surface area contributed by atoms with Crippen molar-refractivity contribution in [2.24, 2.45) is 0 Å². The van der Waals surface area contributed by atoms with Gasteiger partial charge in [0.25, 0.3) is 5.91 Å². The second-order valence-electron chi connectivity index (χ2n) is 4.48. The van der Waals surface area contributed by atoms with Crippen molar-refractivity contribution in [1.82, 2.24) is 4.72 Å². The van der Waals surface area contributed by atoms with Crippen LogP contribution in [-0.2, 0) is 10.0 Å². The van der Waals surface area contributed by atoms with Crippen LogP contribution in [0.5, 0.6) is 17.2 Å². The van der Waals surface area contributed by atoms with Gasteiger partial charge in [-0.05, 0) is 36.4 Å². The highest BCUT2D eigenvalue weighted by molar-refractivity contribution is 7.89. The Morgan fingerprint density at radius 3 is 2.14 bits per heavy atom. The number of hydrogen-bond acceptors (Lipinski definition) is 5. The first kappa shape index (κ1) is 15.8. The quantitative estimate of drug-likeness (QED) is 0.913. The van der Waals surface area contributed by atoms with Gasteiger partial charge in [-0.1, -0.05) is 12.1 Å². The van der Waals surface area contributed by atoms with E-state index in [9.17, 15) is 13.2 Å². The molecule has 0 spiro atoms. The molecule has 0 saturated carbocycles. The number of nitrogens with one attached hydrogen (secondary N) is 1. The standard InChI is InChI=1S/C15H15NO5S/c1-20-13-5-3-4-6-14(13)21-12-9-7-11(8-10-12)15(17)16-22(2,18)19/h3-10H,1-2H3,(H,16,17). The summed E-state index contributed by atoms with van der Waals surface area (Å²) in [7, 11) is -2.04. The number of ether oxygens (including phenoxy) is 2. The summed E-state index contributed by atoms with van der Waals surface area (Å²) in [6, 6.07) is 13.3. The molecule has 0 radical (unpaired) electrons. The Hall–Kier alpha value is -2.54. The van der Waals surface area contributed by atoms with E-state index >= 15 is 0 Å². The second kappa shape index (κ2) is 6.48. The van der Waals surface area contributed by atoms with Crippen molar-refractivity contribution in [2.45, 2.75) is 0 Å². The Morgan fingerprint density at radius 1 is 1.00 bits per heavy atom. The van der Waals surface area contributed by atoms with Gasteiger partial charge in [0.15, 0.2) is 11.5 Å². The van der Waals surface area contributed by atoms with Crippen LogP contribution in [0.3, 0.4) is 0 Å². The van der Waals surface area contributed by atoms with Crippen molar-refractivity contribution in [3.05, 3.63) is 54.1 Å². The third-order valence-corrected chi connectivity index (χ3v) is 3.25. The molecule has 2 aromatic rings. The highest BCUT2D eigenvalue weighted by Gasteiger charge is 2.11. The van der Waals surface area contributed by atoms with Crippen LogP contribution < -0.4 is 14.2 Å². The lowest BCUT2D eigenvalue weighted by Gasteiger charge is -2.10. The van der Waals surface area contributed by atoms with Gasteiger partial charge >= 0.3 is 0 Å². The maximum atomic E-state index is 11.7. The summed E-state index contributed by atoms with van der Waals surface area (Å²) in [5, 5.41) is 0. The van der Waals surface area contributed by atoms with E-state index in [4.69, 9.17) is 9.47 Å². The van der Waals surface area contributed by atoms with Gasteiger partial charge < -0.3 is 9.47 Å². The SMILES string of the molecule is COc1ccccc1Oc1ccc(C(=O)NS(C)(=O)=O)cc1. The number of hydrogen-bond donors (Lipinski definition) is 1. The van der Waals surface area contributed by atoms with Crippen molar-refractivity contribution in [2.75, 3.05) is 13.4 Å². The summed E-state index contributed by atoms with van der Waals surface area (Å²) >= 11 is 0. The number of para-hydroxylation sites is 2. The monoisotopic (exact) mass is 321 g/mol. The van der Waals surface area contributed by atoms with Gasteiger partial charge in [-0.25, -0.2) is 13.1 Å². The van der Waals surface area contributed by atoms with Crippen LogP contribution in [0.1, 0.15) is 10.4 Å². The van der Waals surface area contributed by atoms with Crippen molar-refractivity contribution >= 4 is 15.9 Å². The normalized spacial score (nSPS) is 10.8. The first-order valence-electron chi connectivity index (χ1n) is 6.32. The molecule has 116 valence electrons. The number of carbonyl (C=O) groups is 1. The fourth-order valence-corrected chi connectivity index (χ4v) is 2.19. The van der Waals surface area contributed by atoms with Crippen LogP contribution in [0, 0.1) is 0 Å². The Balaban J connectivity index is 2.14. The Morgan fingerprint density at radius 2 is 1.59 bits per heavy atom. The van der Waals surface area contributed by atoms with E-state index < -0.39 is 15.9 Å². The molecule has 1 amide bonds. The van der Waals surface area contributed by atoms with Crippen LogP contribution in [0.25, 0.3) is 0 Å². The van der Waals surface area contributed by atoms with Crippen molar-refractivity contribution in [3.8, 4) is 17.2 Å². The summed E-state index contributed by atoms with van der Waals surface area (Å²) in [4.78, 5) is 11.7. The summed E-state index contributed by atoms with van der Waals surface area (Å²) in [6.45, 7) is 0. The third-order valence-electron chi connectivity index (χ3n) is 2.69. The average Bonchev–Trinajstić information content (AvgIpc) is 2.47. The maximum Gasteiger partial charge on any atom is 0.264 e. The number of benzene rings is 2. The maximum absolute atomic E-state index is 11.7. The molecule has 0 aliphatic carbocycles. The second-order valence-corrected chi connectivity index (χ2v) is 6.23. The lowest BCUT2D eigenvalue weighted by molar-refractivity contribution is 0.0981. The molecule has 0 heterocycles. The fourth-order valence-electron chi connectivity index (χ4n) is 1.73. The van der Waals surface area contributed by atoms with Gasteiger partial charge in [-0.3, -0.25) is 4.79 Å². The number of methoxy groups -OCH3 is 1. The Kier molecular flexibility index (Phi) is 4.67. The summed E-state index contributed by atoms with van der Waals surface area (Å²) < 4.78 is 34.8. The van der Waals surface area contributed by atoms with Gasteiger partial charge in [-0.2, -0.15) is 0 Å². The molecule has 2 aromatic carbocycles. The Bertz CT molecular complexity index is 769. The van der Waals surface area contributed by atoms with Crippen LogP contribution in [0.4, 0.5) is 0 Å². The molecule has 0 saturated heterocycles. The molecule has 2 rings (SSSR count). The molecule has 0 unspecified atom stereocenters. The zero-order chi connectivity index (χ0) is 16.2. The molecular formula is C15H15NO5S. The van der Waals surface area contributed by atoms with E-state index in [2.05, 4.69) is 0 Å². The first-order chi connectivity index (χ1) is 10.4. The molecule has 7 heteroatoms. The molecule has 0 aromatic heterocycles. The summed E-state index contributed by atoms with van der Waals surface area (Å²) in [5.41, 5.74) is 0.220. The highest BCUT2D eigenvalue weighted by atomic mass is 32.2. The van der Waals surface area contributed by atoms with Crippen LogP contribution in [0.2, 0.25) is 0 Å². The van der Waals surface area contributed by atoms with Gasteiger partial charge in [0.05, 0.1) is 13.4 Å². The number of carbonyl (C=O) groups excluding carboxylic acids is 1. The topological polar surface area (TPSA) is 81.7 Å². The van der Waals surface area contributed by atoms with Crippen molar-refractivity contribution in [1.29, 1.82) is 0 Å². The first-order valence-corrected chi connectivity index (χ1v) is 8.21. The highest BCUT2D eigenvalue weighted by Crippen LogP contribution is 2.30. The van der Waals surface area contributed by atoms with E-state index in [0.29, 0.717) is 17.2 Å². The zero-order valence-corrected chi connectivity index (χ0v) is 12.9. The van der Waals surface area contributed by atoms with E-state index in [-0.39, 0.29) is 5.56 Å². The van der Waals surface area contributed by atoms with Crippen LogP contribution in [-0.4, -0.2) is 27.7 Å². The average molecular weight is 321 g/mol. The molecule has 6 nitrogen and oxygen atoms in total. The number of amides is 1. The fraction of sp³-hybridized carbons (Fsp3) is 0.133. The van der Waals surface area contributed by atoms with Gasteiger partial charge in [0, 0.05) is 5.56 Å². The van der Waals surface area contributed by atoms with E-state index in [1.807, 2.05) is 16.9 Å². The molecule has 1 N–H and O–H groups in total. The van der Waals surface area contributed by atoms with Crippen molar-refractivity contribution < 1.29 is 22.7 Å². The van der Waals surface area contributed by atoms with E-state index in [0.717, 1.165) is 6.26 Å². The largest absolute Gasteiger partial charge is 0.493 e. The lowest BCUT2D eigenvalue weighted by Crippen LogP contribution is -2.29. The molecule has 0 aliphatic heterocycles. The molecule has 22 heavy (non-hydrogen) atoms. The molecule has 0 aliphatic rings. The van der Waals surface area contributed by atoms with Crippen LogP contribution >= 0.6 is 0 Å². The van der Waals surface area contributed by atoms with Gasteiger partial charge in [-0.15, -0.1) is 0 Å². The predicted octanol–water partition coefficient (Wildman–Crippen LogP) is 2.18. The minimum Gasteiger partial charge on any atom is -0.493 e. The molecule has 0 bridgehead atoms.